The molecule has 162 valence electrons. The second-order valence-electron chi connectivity index (χ2n) is 7.10. The molecule has 7 nitrogen and oxygen atoms in total. The minimum Gasteiger partial charge on any atom is -0.296 e. The van der Waals surface area contributed by atoms with Crippen LogP contribution in [0, 0.1) is 0 Å². The van der Waals surface area contributed by atoms with E-state index in [1.807, 2.05) is 78.2 Å². The lowest BCUT2D eigenvalue weighted by molar-refractivity contribution is 0.102. The Balaban J connectivity index is 1.64. The van der Waals surface area contributed by atoms with Crippen LogP contribution in [0.1, 0.15) is 10.4 Å². The van der Waals surface area contributed by atoms with E-state index in [0.29, 0.717) is 21.4 Å². The monoisotopic (exact) mass is 471 g/mol. The number of carbonyl (C=O) groups excluding carboxylic acids is 1. The van der Waals surface area contributed by atoms with Crippen LogP contribution in [0.3, 0.4) is 0 Å². The highest BCUT2D eigenvalue weighted by Crippen LogP contribution is 2.33. The summed E-state index contributed by atoms with van der Waals surface area (Å²) < 4.78 is 1.20. The number of aryl methyl sites for hydroxylation is 1. The molecule has 0 unspecified atom stereocenters. The minimum absolute atomic E-state index is 0.00502. The summed E-state index contributed by atoms with van der Waals surface area (Å²) in [6.45, 7) is 0. The normalized spacial score (nSPS) is 10.8. The third kappa shape index (κ3) is 4.11. The molecule has 9 heteroatoms. The van der Waals surface area contributed by atoms with Gasteiger partial charge in [0.2, 0.25) is 5.13 Å². The molecule has 3 aromatic heterocycles. The van der Waals surface area contributed by atoms with Gasteiger partial charge in [0, 0.05) is 18.2 Å². The molecule has 0 radical (unpaired) electrons. The summed E-state index contributed by atoms with van der Waals surface area (Å²) in [5.74, 6) is -0.553. The molecule has 0 spiro atoms. The number of anilines is 1. The number of amides is 1. The zero-order valence-electron chi connectivity index (χ0n) is 17.4. The standard InChI is InChI=1S/C24H17N5O2S2/c1-29-23(31)19(21(30)25-24-27-26-22(33-24)17-13-8-14-32-17)18(15-9-4-2-5-10-15)20(28-29)16-11-6-3-7-12-16/h2-14H,1H3,(H,25,27,30). The fourth-order valence-corrected chi connectivity index (χ4v) is 4.99. The van der Waals surface area contributed by atoms with Gasteiger partial charge in [0.1, 0.15) is 5.56 Å². The van der Waals surface area contributed by atoms with Crippen molar-refractivity contribution in [2.24, 2.45) is 7.05 Å². The van der Waals surface area contributed by atoms with Crippen molar-refractivity contribution in [2.45, 2.75) is 0 Å². The summed E-state index contributed by atoms with van der Waals surface area (Å²) in [6, 6.07) is 22.7. The molecule has 0 aliphatic heterocycles. The molecule has 0 aliphatic rings. The Labute approximate surface area is 197 Å². The van der Waals surface area contributed by atoms with Crippen molar-refractivity contribution in [1.29, 1.82) is 0 Å². The number of nitrogens with zero attached hydrogens (tertiary/aromatic N) is 4. The van der Waals surface area contributed by atoms with Gasteiger partial charge in [0.05, 0.1) is 10.6 Å². The van der Waals surface area contributed by atoms with Crippen LogP contribution in [0.2, 0.25) is 0 Å². The van der Waals surface area contributed by atoms with Crippen molar-refractivity contribution in [1.82, 2.24) is 20.0 Å². The van der Waals surface area contributed by atoms with E-state index in [1.165, 1.54) is 16.0 Å². The molecular formula is C24H17N5O2S2. The SMILES string of the molecule is Cn1nc(-c2ccccc2)c(-c2ccccc2)c(C(=O)Nc2nnc(-c3cccs3)s2)c1=O. The first-order valence-corrected chi connectivity index (χ1v) is 11.7. The molecule has 0 aliphatic carbocycles. The van der Waals surface area contributed by atoms with Gasteiger partial charge in [0.25, 0.3) is 11.5 Å². The highest BCUT2D eigenvalue weighted by molar-refractivity contribution is 7.23. The van der Waals surface area contributed by atoms with Gasteiger partial charge in [-0.1, -0.05) is 78.1 Å². The lowest BCUT2D eigenvalue weighted by Crippen LogP contribution is -2.31. The first-order chi connectivity index (χ1) is 16.1. The summed E-state index contributed by atoms with van der Waals surface area (Å²) in [5.41, 5.74) is 2.07. The van der Waals surface area contributed by atoms with Gasteiger partial charge >= 0.3 is 0 Å². The predicted octanol–water partition coefficient (Wildman–Crippen LogP) is 4.95. The first-order valence-electron chi connectivity index (χ1n) is 10.0. The fourth-order valence-electron chi connectivity index (χ4n) is 3.46. The Morgan fingerprint density at radius 3 is 2.27 bits per heavy atom. The van der Waals surface area contributed by atoms with Crippen molar-refractivity contribution in [3.05, 3.63) is 94.1 Å². The Morgan fingerprint density at radius 1 is 0.909 bits per heavy atom. The Bertz CT molecular complexity index is 1480. The van der Waals surface area contributed by atoms with Crippen LogP contribution in [0.4, 0.5) is 5.13 Å². The maximum atomic E-state index is 13.4. The fraction of sp³-hybridized carbons (Fsp3) is 0.0417. The summed E-state index contributed by atoms with van der Waals surface area (Å²) in [7, 11) is 1.54. The minimum atomic E-state index is -0.553. The summed E-state index contributed by atoms with van der Waals surface area (Å²) in [5, 5.41) is 18.5. The molecule has 33 heavy (non-hydrogen) atoms. The predicted molar refractivity (Wildman–Crippen MR) is 132 cm³/mol. The van der Waals surface area contributed by atoms with Crippen molar-refractivity contribution in [3.8, 4) is 32.3 Å². The zero-order valence-corrected chi connectivity index (χ0v) is 19.1. The van der Waals surface area contributed by atoms with E-state index in [2.05, 4.69) is 20.6 Å². The van der Waals surface area contributed by atoms with Gasteiger partial charge in [-0.2, -0.15) is 5.10 Å². The number of carbonyl (C=O) groups is 1. The highest BCUT2D eigenvalue weighted by atomic mass is 32.1. The van der Waals surface area contributed by atoms with Crippen LogP contribution in [0.5, 0.6) is 0 Å². The van der Waals surface area contributed by atoms with Crippen LogP contribution in [0.25, 0.3) is 32.3 Å². The number of thiophene rings is 1. The maximum Gasteiger partial charge on any atom is 0.280 e. The van der Waals surface area contributed by atoms with Crippen molar-refractivity contribution < 1.29 is 4.79 Å². The van der Waals surface area contributed by atoms with Crippen LogP contribution in [0.15, 0.2) is 83.0 Å². The molecule has 0 bridgehead atoms. The number of aromatic nitrogens is 4. The maximum absolute atomic E-state index is 13.4. The topological polar surface area (TPSA) is 89.8 Å². The van der Waals surface area contributed by atoms with E-state index in [0.717, 1.165) is 16.0 Å². The summed E-state index contributed by atoms with van der Waals surface area (Å²) >= 11 is 2.80. The van der Waals surface area contributed by atoms with E-state index >= 15 is 0 Å². The molecule has 3 heterocycles. The van der Waals surface area contributed by atoms with Gasteiger partial charge in [0.15, 0.2) is 5.01 Å². The molecule has 0 fully saturated rings. The third-order valence-corrected chi connectivity index (χ3v) is 6.84. The second-order valence-corrected chi connectivity index (χ2v) is 9.03. The quantitative estimate of drug-likeness (QED) is 0.392. The lowest BCUT2D eigenvalue weighted by Gasteiger charge is -2.15. The van der Waals surface area contributed by atoms with Crippen molar-refractivity contribution in [2.75, 3.05) is 5.32 Å². The Hall–Kier alpha value is -3.95. The number of benzene rings is 2. The number of rotatable bonds is 5. The van der Waals surface area contributed by atoms with Gasteiger partial charge in [-0.15, -0.1) is 21.5 Å². The van der Waals surface area contributed by atoms with Gasteiger partial charge in [-0.25, -0.2) is 4.68 Å². The molecule has 1 N–H and O–H groups in total. The molecule has 1 amide bonds. The number of nitrogens with one attached hydrogen (secondary N) is 1. The second kappa shape index (κ2) is 8.89. The molecule has 0 atom stereocenters. The van der Waals surface area contributed by atoms with Crippen LogP contribution < -0.4 is 10.9 Å². The molecular weight excluding hydrogens is 454 g/mol. The lowest BCUT2D eigenvalue weighted by atomic mass is 9.95. The molecule has 0 saturated heterocycles. The van der Waals surface area contributed by atoms with E-state index in [9.17, 15) is 9.59 Å². The average Bonchev–Trinajstić information content (AvgIpc) is 3.54. The molecule has 5 rings (SSSR count). The molecule has 2 aromatic carbocycles. The van der Waals surface area contributed by atoms with E-state index in [-0.39, 0.29) is 5.56 Å². The number of hydrogen-bond acceptors (Lipinski definition) is 7. The average molecular weight is 472 g/mol. The highest BCUT2D eigenvalue weighted by Gasteiger charge is 2.25. The first kappa shape index (κ1) is 20.9. The summed E-state index contributed by atoms with van der Waals surface area (Å²) in [6.07, 6.45) is 0. The van der Waals surface area contributed by atoms with Gasteiger partial charge in [-0.05, 0) is 17.0 Å². The third-order valence-electron chi connectivity index (χ3n) is 4.96. The Kier molecular flexibility index (Phi) is 5.64. The van der Waals surface area contributed by atoms with Gasteiger partial charge in [-0.3, -0.25) is 14.9 Å². The van der Waals surface area contributed by atoms with Crippen LogP contribution >= 0.6 is 22.7 Å². The molecule has 0 saturated carbocycles. The van der Waals surface area contributed by atoms with E-state index in [4.69, 9.17) is 0 Å². The Morgan fingerprint density at radius 2 is 1.61 bits per heavy atom. The summed E-state index contributed by atoms with van der Waals surface area (Å²) in [4.78, 5) is 27.6. The molecule has 5 aromatic rings. The largest absolute Gasteiger partial charge is 0.296 e. The van der Waals surface area contributed by atoms with Crippen molar-refractivity contribution >= 4 is 33.7 Å². The van der Waals surface area contributed by atoms with E-state index in [1.54, 1.807) is 18.4 Å². The smallest absolute Gasteiger partial charge is 0.280 e. The van der Waals surface area contributed by atoms with E-state index < -0.39 is 11.5 Å². The van der Waals surface area contributed by atoms with Crippen molar-refractivity contribution in [3.63, 3.8) is 0 Å². The number of hydrogen-bond donors (Lipinski definition) is 1. The van der Waals surface area contributed by atoms with Crippen LogP contribution in [-0.2, 0) is 7.05 Å². The zero-order chi connectivity index (χ0) is 22.8. The van der Waals surface area contributed by atoms with Crippen LogP contribution in [-0.4, -0.2) is 25.9 Å². The van der Waals surface area contributed by atoms with Gasteiger partial charge < -0.3 is 0 Å².